The molecular weight excluding hydrogens is 372 g/mol. The molecular formula is C19H13ClN2OS2. The van der Waals surface area contributed by atoms with Gasteiger partial charge in [-0.1, -0.05) is 59.8 Å². The lowest BCUT2D eigenvalue weighted by Gasteiger charge is -2.14. The van der Waals surface area contributed by atoms with Gasteiger partial charge in [0.1, 0.15) is 0 Å². The van der Waals surface area contributed by atoms with Crippen LogP contribution in [0.2, 0.25) is 5.02 Å². The number of aromatic nitrogens is 1. The molecule has 3 nitrogen and oxygen atoms in total. The maximum Gasteiger partial charge on any atom is 0.270 e. The molecule has 1 saturated heterocycles. The normalized spacial score (nSPS) is 16.4. The lowest BCUT2D eigenvalue weighted by Crippen LogP contribution is -2.27. The molecule has 2 aromatic carbocycles. The molecule has 1 aliphatic rings. The van der Waals surface area contributed by atoms with Crippen molar-refractivity contribution >= 4 is 68.5 Å². The molecule has 2 heterocycles. The van der Waals surface area contributed by atoms with Crippen LogP contribution in [-0.2, 0) is 11.8 Å². The topological polar surface area (TPSA) is 25.2 Å². The van der Waals surface area contributed by atoms with E-state index in [4.69, 9.17) is 23.8 Å². The summed E-state index contributed by atoms with van der Waals surface area (Å²) in [5.74, 6) is -0.120. The number of rotatable bonds is 2. The number of thioether (sulfide) groups is 1. The van der Waals surface area contributed by atoms with Crippen molar-refractivity contribution in [1.29, 1.82) is 0 Å². The average Bonchev–Trinajstić information content (AvgIpc) is 3.05. The Bertz CT molecular complexity index is 1050. The Kier molecular flexibility index (Phi) is 4.15. The number of para-hydroxylation sites is 1. The SMILES string of the molecule is Cn1cc(/C=C2/SC(=S)N(c3cccc(Cl)c3)C2=O)c2ccccc21. The van der Waals surface area contributed by atoms with E-state index >= 15 is 0 Å². The zero-order chi connectivity index (χ0) is 17.6. The van der Waals surface area contributed by atoms with Gasteiger partial charge in [0.15, 0.2) is 4.32 Å². The second-order valence-corrected chi connectivity index (χ2v) is 7.82. The Balaban J connectivity index is 1.75. The molecule has 0 unspecified atom stereocenters. The van der Waals surface area contributed by atoms with Gasteiger partial charge >= 0.3 is 0 Å². The Labute approximate surface area is 159 Å². The zero-order valence-corrected chi connectivity index (χ0v) is 15.7. The van der Waals surface area contributed by atoms with Crippen molar-refractivity contribution in [3.05, 3.63) is 70.2 Å². The minimum Gasteiger partial charge on any atom is -0.350 e. The molecule has 0 spiro atoms. The summed E-state index contributed by atoms with van der Waals surface area (Å²) in [5, 5.41) is 1.68. The highest BCUT2D eigenvalue weighted by atomic mass is 35.5. The molecule has 0 saturated carbocycles. The van der Waals surface area contributed by atoms with Crippen molar-refractivity contribution in [3.63, 3.8) is 0 Å². The van der Waals surface area contributed by atoms with Crippen molar-refractivity contribution < 1.29 is 4.79 Å². The van der Waals surface area contributed by atoms with Crippen molar-refractivity contribution in [1.82, 2.24) is 4.57 Å². The number of fused-ring (bicyclic) bond motifs is 1. The largest absolute Gasteiger partial charge is 0.350 e. The molecule has 0 bridgehead atoms. The second kappa shape index (κ2) is 6.33. The number of anilines is 1. The molecule has 6 heteroatoms. The van der Waals surface area contributed by atoms with E-state index in [1.54, 1.807) is 12.1 Å². The molecule has 0 aliphatic carbocycles. The van der Waals surface area contributed by atoms with Crippen molar-refractivity contribution in [2.24, 2.45) is 7.05 Å². The quantitative estimate of drug-likeness (QED) is 0.446. The van der Waals surface area contributed by atoms with Crippen LogP contribution >= 0.6 is 35.6 Å². The third-order valence-electron chi connectivity index (χ3n) is 4.07. The number of hydrogen-bond acceptors (Lipinski definition) is 3. The van der Waals surface area contributed by atoms with Gasteiger partial charge in [0, 0.05) is 34.7 Å². The Morgan fingerprint density at radius 3 is 2.76 bits per heavy atom. The summed E-state index contributed by atoms with van der Waals surface area (Å²) < 4.78 is 2.57. The van der Waals surface area contributed by atoms with Crippen LogP contribution in [0, 0.1) is 0 Å². The summed E-state index contributed by atoms with van der Waals surface area (Å²) in [6, 6.07) is 15.3. The van der Waals surface area contributed by atoms with E-state index in [1.165, 1.54) is 16.7 Å². The van der Waals surface area contributed by atoms with Crippen LogP contribution in [0.15, 0.2) is 59.6 Å². The smallest absolute Gasteiger partial charge is 0.270 e. The fraction of sp³-hybridized carbons (Fsp3) is 0.0526. The molecule has 0 radical (unpaired) electrons. The number of carbonyl (C=O) groups excluding carboxylic acids is 1. The van der Waals surface area contributed by atoms with Crippen LogP contribution < -0.4 is 4.90 Å². The van der Waals surface area contributed by atoms with Crippen molar-refractivity contribution in [3.8, 4) is 0 Å². The van der Waals surface area contributed by atoms with E-state index in [1.807, 2.05) is 43.6 Å². The molecule has 4 rings (SSSR count). The van der Waals surface area contributed by atoms with Gasteiger partial charge in [0.05, 0.1) is 10.6 Å². The van der Waals surface area contributed by atoms with E-state index in [9.17, 15) is 4.79 Å². The van der Waals surface area contributed by atoms with Crippen molar-refractivity contribution in [2.45, 2.75) is 0 Å². The van der Waals surface area contributed by atoms with Gasteiger partial charge in [0.25, 0.3) is 5.91 Å². The molecule has 1 fully saturated rings. The van der Waals surface area contributed by atoms with Gasteiger partial charge in [-0.05, 0) is 30.3 Å². The highest BCUT2D eigenvalue weighted by molar-refractivity contribution is 8.27. The monoisotopic (exact) mass is 384 g/mol. The van der Waals surface area contributed by atoms with Crippen LogP contribution in [-0.4, -0.2) is 14.8 Å². The van der Waals surface area contributed by atoms with Crippen LogP contribution in [0.25, 0.3) is 17.0 Å². The summed E-state index contributed by atoms with van der Waals surface area (Å²) in [6.45, 7) is 0. The first-order valence-corrected chi connectivity index (χ1v) is 9.22. The third kappa shape index (κ3) is 2.88. The summed E-state index contributed by atoms with van der Waals surface area (Å²) in [6.07, 6.45) is 3.93. The van der Waals surface area contributed by atoms with Gasteiger partial charge in [-0.3, -0.25) is 9.69 Å². The molecule has 0 N–H and O–H groups in total. The minimum atomic E-state index is -0.120. The van der Waals surface area contributed by atoms with E-state index < -0.39 is 0 Å². The molecule has 0 atom stereocenters. The number of carbonyl (C=O) groups is 1. The van der Waals surface area contributed by atoms with Crippen LogP contribution in [0.5, 0.6) is 0 Å². The lowest BCUT2D eigenvalue weighted by atomic mass is 10.1. The number of thiocarbonyl (C=S) groups is 1. The third-order valence-corrected chi connectivity index (χ3v) is 5.61. The number of aryl methyl sites for hydroxylation is 1. The summed E-state index contributed by atoms with van der Waals surface area (Å²) in [4.78, 5) is 15.0. The van der Waals surface area contributed by atoms with Gasteiger partial charge < -0.3 is 4.57 Å². The Hall–Kier alpha value is -2.08. The Morgan fingerprint density at radius 2 is 1.96 bits per heavy atom. The first kappa shape index (κ1) is 16.4. The molecule has 1 aliphatic heterocycles. The molecule has 1 aromatic heterocycles. The second-order valence-electron chi connectivity index (χ2n) is 5.71. The van der Waals surface area contributed by atoms with Crippen LogP contribution in [0.1, 0.15) is 5.56 Å². The summed E-state index contributed by atoms with van der Waals surface area (Å²) >= 11 is 12.8. The molecule has 1 amide bonds. The first-order chi connectivity index (χ1) is 12.0. The minimum absolute atomic E-state index is 0.120. The van der Waals surface area contributed by atoms with Crippen LogP contribution in [0.3, 0.4) is 0 Å². The first-order valence-electron chi connectivity index (χ1n) is 7.62. The maximum atomic E-state index is 12.9. The molecule has 124 valence electrons. The van der Waals surface area contributed by atoms with Crippen LogP contribution in [0.4, 0.5) is 5.69 Å². The van der Waals surface area contributed by atoms with Gasteiger partial charge in [-0.15, -0.1) is 0 Å². The summed E-state index contributed by atoms with van der Waals surface area (Å²) in [7, 11) is 2.00. The average molecular weight is 385 g/mol. The number of amides is 1. The fourth-order valence-corrected chi connectivity index (χ4v) is 4.41. The Morgan fingerprint density at radius 1 is 1.16 bits per heavy atom. The number of nitrogens with zero attached hydrogens (tertiary/aromatic N) is 2. The van der Waals surface area contributed by atoms with Gasteiger partial charge in [0.2, 0.25) is 0 Å². The molecule has 25 heavy (non-hydrogen) atoms. The highest BCUT2D eigenvalue weighted by Gasteiger charge is 2.33. The maximum absolute atomic E-state index is 12.9. The predicted molar refractivity (Wildman–Crippen MR) is 110 cm³/mol. The summed E-state index contributed by atoms with van der Waals surface area (Å²) in [5.41, 5.74) is 2.82. The number of hydrogen-bond donors (Lipinski definition) is 0. The van der Waals surface area contributed by atoms with Crippen molar-refractivity contribution in [2.75, 3.05) is 4.90 Å². The van der Waals surface area contributed by atoms with Gasteiger partial charge in [-0.25, -0.2) is 0 Å². The fourth-order valence-electron chi connectivity index (χ4n) is 2.93. The van der Waals surface area contributed by atoms with Gasteiger partial charge in [-0.2, -0.15) is 0 Å². The molecule has 3 aromatic rings. The predicted octanol–water partition coefficient (Wildman–Crippen LogP) is 5.24. The number of benzene rings is 2. The lowest BCUT2D eigenvalue weighted by molar-refractivity contribution is -0.113. The zero-order valence-electron chi connectivity index (χ0n) is 13.3. The van der Waals surface area contributed by atoms with E-state index in [2.05, 4.69) is 16.7 Å². The highest BCUT2D eigenvalue weighted by Crippen LogP contribution is 2.37. The van der Waals surface area contributed by atoms with E-state index in [0.717, 1.165) is 16.5 Å². The standard InChI is InChI=1S/C19H13ClN2OS2/c1-21-11-12(15-7-2-3-8-16(15)21)9-17-18(23)22(19(24)25-17)14-6-4-5-13(20)10-14/h2-11H,1H3/b17-9+. The van der Waals surface area contributed by atoms with E-state index in [0.29, 0.717) is 19.9 Å². The van der Waals surface area contributed by atoms with E-state index in [-0.39, 0.29) is 5.91 Å². The number of halogens is 1.